The highest BCUT2D eigenvalue weighted by molar-refractivity contribution is 5.43. The third-order valence-electron chi connectivity index (χ3n) is 2.47. The molecule has 2 heterocycles. The van der Waals surface area contributed by atoms with Crippen LogP contribution in [0.4, 0.5) is 5.69 Å². The summed E-state index contributed by atoms with van der Waals surface area (Å²) in [6.07, 6.45) is 3.50. The fourth-order valence-corrected chi connectivity index (χ4v) is 1.53. The Morgan fingerprint density at radius 3 is 2.88 bits per heavy atom. The summed E-state index contributed by atoms with van der Waals surface area (Å²) in [5.41, 5.74) is 7.97. The van der Waals surface area contributed by atoms with Crippen LogP contribution in [0.5, 0.6) is 0 Å². The summed E-state index contributed by atoms with van der Waals surface area (Å²) in [6.45, 7) is 2.27. The van der Waals surface area contributed by atoms with E-state index < -0.39 is 0 Å². The fourth-order valence-electron chi connectivity index (χ4n) is 1.53. The van der Waals surface area contributed by atoms with Crippen LogP contribution in [0.1, 0.15) is 11.3 Å². The highest BCUT2D eigenvalue weighted by Gasteiger charge is 2.03. The number of hydrogen-bond acceptors (Lipinski definition) is 3. The van der Waals surface area contributed by atoms with E-state index in [0.717, 1.165) is 11.3 Å². The molecule has 0 aliphatic carbocycles. The van der Waals surface area contributed by atoms with Gasteiger partial charge in [0.1, 0.15) is 0 Å². The number of nitrogens with zero attached hydrogens (tertiary/aromatic N) is 3. The van der Waals surface area contributed by atoms with E-state index in [1.807, 2.05) is 26.2 Å². The summed E-state index contributed by atoms with van der Waals surface area (Å²) in [7, 11) is 1.84. The molecule has 84 valence electrons. The second kappa shape index (κ2) is 3.84. The first-order valence-corrected chi connectivity index (χ1v) is 5.01. The maximum atomic E-state index is 11.7. The van der Waals surface area contributed by atoms with Crippen LogP contribution < -0.4 is 11.3 Å². The lowest BCUT2D eigenvalue weighted by molar-refractivity contribution is 0.692. The number of nitrogen functional groups attached to an aromatic ring is 1. The Bertz CT molecular complexity index is 568. The fraction of sp³-hybridized carbons (Fsp3) is 0.273. The molecular formula is C11H14N4O. The Balaban J connectivity index is 2.35. The van der Waals surface area contributed by atoms with E-state index in [1.54, 1.807) is 15.4 Å². The highest BCUT2D eigenvalue weighted by atomic mass is 16.1. The van der Waals surface area contributed by atoms with Crippen molar-refractivity contribution < 1.29 is 0 Å². The molecule has 0 aliphatic heterocycles. The van der Waals surface area contributed by atoms with Crippen LogP contribution in [0.2, 0.25) is 0 Å². The van der Waals surface area contributed by atoms with Gasteiger partial charge in [0.25, 0.3) is 5.56 Å². The minimum atomic E-state index is -0.0580. The second-order valence-corrected chi connectivity index (χ2v) is 3.86. The first kappa shape index (κ1) is 10.5. The summed E-state index contributed by atoms with van der Waals surface area (Å²) in [6, 6.07) is 3.42. The van der Waals surface area contributed by atoms with Gasteiger partial charge in [0.05, 0.1) is 17.9 Å². The molecule has 0 saturated carbocycles. The number of anilines is 1. The average Bonchev–Trinajstić information content (AvgIpc) is 2.60. The van der Waals surface area contributed by atoms with Crippen LogP contribution in [-0.4, -0.2) is 14.3 Å². The van der Waals surface area contributed by atoms with Gasteiger partial charge in [0.15, 0.2) is 0 Å². The number of rotatable bonds is 2. The lowest BCUT2D eigenvalue weighted by atomic mass is 10.2. The molecule has 0 spiro atoms. The largest absolute Gasteiger partial charge is 0.397 e. The van der Waals surface area contributed by atoms with Crippen molar-refractivity contribution in [1.82, 2.24) is 14.3 Å². The predicted octanol–water partition coefficient (Wildman–Crippen LogP) is 0.521. The zero-order valence-corrected chi connectivity index (χ0v) is 9.34. The molecule has 0 amide bonds. The van der Waals surface area contributed by atoms with Gasteiger partial charge in [0.2, 0.25) is 0 Å². The van der Waals surface area contributed by atoms with Gasteiger partial charge in [0, 0.05) is 25.5 Å². The lowest BCUT2D eigenvalue weighted by Crippen LogP contribution is -2.21. The molecule has 2 N–H and O–H groups in total. The summed E-state index contributed by atoms with van der Waals surface area (Å²) < 4.78 is 3.27. The number of aromatic nitrogens is 3. The SMILES string of the molecule is Cc1cc(=O)n(Cc2ccn(C)n2)cc1N. The highest BCUT2D eigenvalue weighted by Crippen LogP contribution is 2.06. The Labute approximate surface area is 93.1 Å². The van der Waals surface area contributed by atoms with Gasteiger partial charge >= 0.3 is 0 Å². The van der Waals surface area contributed by atoms with Crippen molar-refractivity contribution in [3.8, 4) is 0 Å². The zero-order chi connectivity index (χ0) is 11.7. The van der Waals surface area contributed by atoms with E-state index in [9.17, 15) is 4.79 Å². The van der Waals surface area contributed by atoms with Crippen molar-refractivity contribution in [2.24, 2.45) is 7.05 Å². The molecule has 0 fully saturated rings. The summed E-state index contributed by atoms with van der Waals surface area (Å²) in [5.74, 6) is 0. The van der Waals surface area contributed by atoms with Gasteiger partial charge < -0.3 is 10.3 Å². The van der Waals surface area contributed by atoms with Crippen molar-refractivity contribution in [1.29, 1.82) is 0 Å². The van der Waals surface area contributed by atoms with E-state index in [-0.39, 0.29) is 5.56 Å². The molecular weight excluding hydrogens is 204 g/mol. The standard InChI is InChI=1S/C11H14N4O/c1-8-5-11(16)15(7-10(8)12)6-9-3-4-14(2)13-9/h3-5,7H,6,12H2,1-2H3. The van der Waals surface area contributed by atoms with Gasteiger partial charge in [-0.15, -0.1) is 0 Å². The molecule has 0 aromatic carbocycles. The first-order chi connectivity index (χ1) is 7.56. The number of hydrogen-bond donors (Lipinski definition) is 1. The van der Waals surface area contributed by atoms with Crippen molar-refractivity contribution in [2.75, 3.05) is 5.73 Å². The van der Waals surface area contributed by atoms with Gasteiger partial charge in [-0.3, -0.25) is 9.48 Å². The lowest BCUT2D eigenvalue weighted by Gasteiger charge is -2.06. The quantitative estimate of drug-likeness (QED) is 0.799. The Morgan fingerprint density at radius 1 is 1.50 bits per heavy atom. The molecule has 2 aromatic heterocycles. The maximum absolute atomic E-state index is 11.7. The summed E-state index contributed by atoms with van der Waals surface area (Å²) in [4.78, 5) is 11.7. The topological polar surface area (TPSA) is 65.8 Å². The number of pyridine rings is 1. The van der Waals surface area contributed by atoms with Gasteiger partial charge in [-0.1, -0.05) is 0 Å². The van der Waals surface area contributed by atoms with Crippen molar-refractivity contribution in [3.05, 3.63) is 46.1 Å². The Morgan fingerprint density at radius 2 is 2.25 bits per heavy atom. The molecule has 5 heteroatoms. The van der Waals surface area contributed by atoms with Gasteiger partial charge in [-0.25, -0.2) is 0 Å². The first-order valence-electron chi connectivity index (χ1n) is 5.01. The minimum Gasteiger partial charge on any atom is -0.397 e. The number of nitrogens with two attached hydrogens (primary N) is 1. The summed E-state index contributed by atoms with van der Waals surface area (Å²) in [5, 5.41) is 4.22. The van der Waals surface area contributed by atoms with Crippen LogP contribution in [0, 0.1) is 6.92 Å². The second-order valence-electron chi connectivity index (χ2n) is 3.86. The molecule has 0 radical (unpaired) electrons. The molecule has 0 atom stereocenters. The molecule has 16 heavy (non-hydrogen) atoms. The summed E-state index contributed by atoms with van der Waals surface area (Å²) >= 11 is 0. The molecule has 0 saturated heterocycles. The Hall–Kier alpha value is -2.04. The van der Waals surface area contributed by atoms with E-state index in [0.29, 0.717) is 12.2 Å². The van der Waals surface area contributed by atoms with Crippen LogP contribution in [0.25, 0.3) is 0 Å². The molecule has 5 nitrogen and oxygen atoms in total. The molecule has 0 unspecified atom stereocenters. The number of aryl methyl sites for hydroxylation is 2. The maximum Gasteiger partial charge on any atom is 0.251 e. The molecule has 2 rings (SSSR count). The minimum absolute atomic E-state index is 0.0580. The van der Waals surface area contributed by atoms with E-state index in [2.05, 4.69) is 5.10 Å². The van der Waals surface area contributed by atoms with Crippen LogP contribution in [0.15, 0.2) is 29.3 Å². The molecule has 2 aromatic rings. The predicted molar refractivity (Wildman–Crippen MR) is 62.2 cm³/mol. The average molecular weight is 218 g/mol. The van der Waals surface area contributed by atoms with E-state index in [4.69, 9.17) is 5.73 Å². The van der Waals surface area contributed by atoms with Gasteiger partial charge in [-0.2, -0.15) is 5.10 Å². The van der Waals surface area contributed by atoms with Crippen LogP contribution >= 0.6 is 0 Å². The molecule has 0 aliphatic rings. The normalized spacial score (nSPS) is 10.6. The monoisotopic (exact) mass is 218 g/mol. The zero-order valence-electron chi connectivity index (χ0n) is 9.34. The van der Waals surface area contributed by atoms with Crippen LogP contribution in [0.3, 0.4) is 0 Å². The third kappa shape index (κ3) is 1.98. The Kier molecular flexibility index (Phi) is 2.52. The third-order valence-corrected chi connectivity index (χ3v) is 2.47. The van der Waals surface area contributed by atoms with E-state index >= 15 is 0 Å². The van der Waals surface area contributed by atoms with Gasteiger partial charge in [-0.05, 0) is 18.6 Å². The van der Waals surface area contributed by atoms with Crippen molar-refractivity contribution in [2.45, 2.75) is 13.5 Å². The smallest absolute Gasteiger partial charge is 0.251 e. The van der Waals surface area contributed by atoms with Crippen LogP contribution in [-0.2, 0) is 13.6 Å². The van der Waals surface area contributed by atoms with Crippen molar-refractivity contribution >= 4 is 5.69 Å². The van der Waals surface area contributed by atoms with Crippen molar-refractivity contribution in [3.63, 3.8) is 0 Å². The van der Waals surface area contributed by atoms with E-state index in [1.165, 1.54) is 6.07 Å². The molecule has 0 bridgehead atoms.